The van der Waals surface area contributed by atoms with E-state index in [1.807, 2.05) is 84.9 Å². The Labute approximate surface area is 337 Å². The first-order chi connectivity index (χ1) is 25.9. The maximum Gasteiger partial charge on any atom is 0.416 e. The largest absolute Gasteiger partial charge is 0.416 e. The minimum absolute atomic E-state index is 0.500. The Morgan fingerprint density at radius 3 is 1.57 bits per heavy atom. The van der Waals surface area contributed by atoms with Crippen molar-refractivity contribution in [1.29, 1.82) is 0 Å². The fourth-order valence-corrected chi connectivity index (χ4v) is 7.04. The molecule has 3 heterocycles. The summed E-state index contributed by atoms with van der Waals surface area (Å²) < 4.78 is 40.8. The third-order valence-electron chi connectivity index (χ3n) is 8.28. The van der Waals surface area contributed by atoms with Gasteiger partial charge in [0, 0.05) is 46.8 Å². The van der Waals surface area contributed by atoms with Gasteiger partial charge in [0.2, 0.25) is 0 Å². The van der Waals surface area contributed by atoms with Crippen molar-refractivity contribution >= 4 is 99.4 Å². The van der Waals surface area contributed by atoms with Gasteiger partial charge in [0.05, 0.1) is 33.5 Å². The minimum atomic E-state index is -4.37. The number of aromatic nitrogens is 6. The number of fused-ring (bicyclic) bond motifs is 3. The molecule has 0 fully saturated rings. The van der Waals surface area contributed by atoms with Crippen molar-refractivity contribution < 1.29 is 13.2 Å². The van der Waals surface area contributed by atoms with Gasteiger partial charge in [-0.1, -0.05) is 93.2 Å². The van der Waals surface area contributed by atoms with Gasteiger partial charge in [0.15, 0.2) is 0 Å². The lowest BCUT2D eigenvalue weighted by Crippen LogP contribution is -2.04. The molecular weight excluding hydrogens is 888 g/mol. The number of nitrogens with one attached hydrogen (secondary N) is 3. The van der Waals surface area contributed by atoms with Crippen LogP contribution in [-0.2, 0) is 6.18 Å². The molecule has 0 saturated carbocycles. The molecule has 0 aliphatic heterocycles. The van der Waals surface area contributed by atoms with E-state index in [1.54, 1.807) is 24.3 Å². The van der Waals surface area contributed by atoms with Crippen molar-refractivity contribution in [2.24, 2.45) is 0 Å². The Morgan fingerprint density at radius 1 is 0.481 bits per heavy atom. The Hall–Kier alpha value is -4.65. The molecule has 14 heteroatoms. The standard InChI is InChI=1S/C20H12ClF3N2.C13H8BrClN2.C7H4BrClN2/c21-16-7-8-18-17(11-16)19(26-25-18)14-5-1-3-12(9-14)13-4-2-6-15(10-13)20(22,23)24;14-9-3-1-2-8(6-9)13-11-7-10(15)4-5-12(11)16-17-13;8-7-5-3-4(9)1-2-6(5)10-11-7/h1-11H,(H,25,26);1-7H,(H,16,17);1-3H,(H,10,11). The SMILES string of the molecule is Clc1ccc2[nH]nc(-c3cccc(Br)c3)c2c1.Clc1ccc2n[nH]c(Br)c2c1.FC(F)(F)c1cccc(-c2cccc(-c3n[nH]c4ccc(Cl)cc34)c2)c1. The van der Waals surface area contributed by atoms with Crippen molar-refractivity contribution in [3.05, 3.63) is 157 Å². The lowest BCUT2D eigenvalue weighted by atomic mass is 9.99. The van der Waals surface area contributed by atoms with E-state index in [4.69, 9.17) is 34.8 Å². The van der Waals surface area contributed by atoms with Gasteiger partial charge >= 0.3 is 6.18 Å². The van der Waals surface area contributed by atoms with E-state index >= 15 is 0 Å². The molecule has 9 aromatic rings. The van der Waals surface area contributed by atoms with Gasteiger partial charge < -0.3 is 0 Å². The van der Waals surface area contributed by atoms with Crippen molar-refractivity contribution in [1.82, 2.24) is 30.6 Å². The Bertz CT molecular complexity index is 2760. The lowest BCUT2D eigenvalue weighted by molar-refractivity contribution is -0.137. The zero-order valence-electron chi connectivity index (χ0n) is 27.5. The van der Waals surface area contributed by atoms with E-state index in [0.717, 1.165) is 80.8 Å². The highest BCUT2D eigenvalue weighted by molar-refractivity contribution is 9.10. The summed E-state index contributed by atoms with van der Waals surface area (Å²) in [6.07, 6.45) is -4.37. The average molecular weight is 912 g/mol. The predicted molar refractivity (Wildman–Crippen MR) is 220 cm³/mol. The molecule has 0 aliphatic rings. The third kappa shape index (κ3) is 8.51. The van der Waals surface area contributed by atoms with Crippen LogP contribution < -0.4 is 0 Å². The van der Waals surface area contributed by atoms with E-state index in [0.29, 0.717) is 21.8 Å². The smallest absolute Gasteiger partial charge is 0.277 e. The van der Waals surface area contributed by atoms with Crippen molar-refractivity contribution in [3.63, 3.8) is 0 Å². The van der Waals surface area contributed by atoms with E-state index < -0.39 is 11.7 Å². The maximum atomic E-state index is 13.0. The maximum absolute atomic E-state index is 13.0. The number of nitrogens with zero attached hydrogens (tertiary/aromatic N) is 3. The minimum Gasteiger partial charge on any atom is -0.277 e. The summed E-state index contributed by atoms with van der Waals surface area (Å²) in [5.41, 5.74) is 6.75. The molecule has 0 amide bonds. The van der Waals surface area contributed by atoms with Gasteiger partial charge in [-0.15, -0.1) is 0 Å². The van der Waals surface area contributed by atoms with Crippen LogP contribution in [0.2, 0.25) is 15.1 Å². The van der Waals surface area contributed by atoms with Crippen LogP contribution in [-0.4, -0.2) is 30.6 Å². The first kappa shape index (κ1) is 37.7. The molecule has 0 atom stereocenters. The second kappa shape index (κ2) is 16.0. The van der Waals surface area contributed by atoms with Crippen LogP contribution in [0.25, 0.3) is 66.4 Å². The van der Waals surface area contributed by atoms with Crippen LogP contribution in [0.5, 0.6) is 0 Å². The molecule has 9 rings (SSSR count). The monoisotopic (exact) mass is 908 g/mol. The molecule has 0 radical (unpaired) electrons. The van der Waals surface area contributed by atoms with Gasteiger partial charge in [0.1, 0.15) is 4.60 Å². The first-order valence-electron chi connectivity index (χ1n) is 16.0. The van der Waals surface area contributed by atoms with Crippen molar-refractivity contribution in [3.8, 4) is 33.6 Å². The number of H-pyrrole nitrogens is 3. The predicted octanol–water partition coefficient (Wildman–Crippen LogP) is 14.2. The lowest BCUT2D eigenvalue weighted by Gasteiger charge is -2.09. The van der Waals surface area contributed by atoms with Gasteiger partial charge in [-0.3, -0.25) is 15.3 Å². The molecule has 270 valence electrons. The highest BCUT2D eigenvalue weighted by atomic mass is 79.9. The molecule has 0 spiro atoms. The zero-order chi connectivity index (χ0) is 38.0. The molecular formula is C40H24Br2Cl3F3N6. The van der Waals surface area contributed by atoms with Crippen molar-refractivity contribution in [2.75, 3.05) is 0 Å². The number of aromatic amines is 3. The van der Waals surface area contributed by atoms with Gasteiger partial charge in [-0.05, 0) is 112 Å². The highest BCUT2D eigenvalue weighted by Gasteiger charge is 2.30. The second-order valence-electron chi connectivity index (χ2n) is 11.9. The molecule has 6 nitrogen and oxygen atoms in total. The Balaban J connectivity index is 0.000000137. The fraction of sp³-hybridized carbons (Fsp3) is 0.0250. The molecule has 3 aromatic heterocycles. The van der Waals surface area contributed by atoms with Crippen molar-refractivity contribution in [2.45, 2.75) is 6.18 Å². The number of benzene rings is 6. The normalized spacial score (nSPS) is 11.3. The number of alkyl halides is 3. The summed E-state index contributed by atoms with van der Waals surface area (Å²) in [4.78, 5) is 0. The highest BCUT2D eigenvalue weighted by Crippen LogP contribution is 2.35. The van der Waals surface area contributed by atoms with E-state index in [9.17, 15) is 13.2 Å². The van der Waals surface area contributed by atoms with Crippen LogP contribution in [0.3, 0.4) is 0 Å². The molecule has 0 aliphatic carbocycles. The van der Waals surface area contributed by atoms with Crippen LogP contribution in [0.15, 0.2) is 136 Å². The summed E-state index contributed by atoms with van der Waals surface area (Å²) in [5.74, 6) is 0. The second-order valence-corrected chi connectivity index (χ2v) is 14.9. The summed E-state index contributed by atoms with van der Waals surface area (Å²) in [5, 5.41) is 26.4. The third-order valence-corrected chi connectivity index (χ3v) is 10.1. The number of rotatable bonds is 3. The topological polar surface area (TPSA) is 86.0 Å². The molecule has 0 saturated heterocycles. The fourth-order valence-electron chi connectivity index (χ4n) is 5.72. The number of hydrogen-bond donors (Lipinski definition) is 3. The van der Waals surface area contributed by atoms with E-state index in [2.05, 4.69) is 62.5 Å². The first-order valence-corrected chi connectivity index (χ1v) is 18.8. The Kier molecular flexibility index (Phi) is 11.1. The molecule has 3 N–H and O–H groups in total. The number of halogens is 8. The quantitative estimate of drug-likeness (QED) is 0.165. The summed E-state index contributed by atoms with van der Waals surface area (Å²) >= 11 is 24.7. The molecule has 6 aromatic carbocycles. The van der Waals surface area contributed by atoms with Gasteiger partial charge in [-0.25, -0.2) is 0 Å². The van der Waals surface area contributed by atoms with Crippen LogP contribution in [0.1, 0.15) is 5.56 Å². The van der Waals surface area contributed by atoms with Gasteiger partial charge in [0.25, 0.3) is 0 Å². The van der Waals surface area contributed by atoms with E-state index in [1.165, 1.54) is 6.07 Å². The van der Waals surface area contributed by atoms with Gasteiger partial charge in [-0.2, -0.15) is 28.5 Å². The van der Waals surface area contributed by atoms with E-state index in [-0.39, 0.29) is 0 Å². The Morgan fingerprint density at radius 2 is 0.981 bits per heavy atom. The summed E-state index contributed by atoms with van der Waals surface area (Å²) in [6.45, 7) is 0. The molecule has 0 unspecified atom stereocenters. The molecule has 54 heavy (non-hydrogen) atoms. The average Bonchev–Trinajstić information content (AvgIpc) is 3.88. The molecule has 0 bridgehead atoms. The zero-order valence-corrected chi connectivity index (χ0v) is 32.9. The summed E-state index contributed by atoms with van der Waals surface area (Å²) in [6, 6.07) is 37.3. The van der Waals surface area contributed by atoms with Crippen LogP contribution >= 0.6 is 66.7 Å². The summed E-state index contributed by atoms with van der Waals surface area (Å²) in [7, 11) is 0. The van der Waals surface area contributed by atoms with Crippen LogP contribution in [0, 0.1) is 0 Å². The van der Waals surface area contributed by atoms with Crippen LogP contribution in [0.4, 0.5) is 13.2 Å². The number of hydrogen-bond acceptors (Lipinski definition) is 3.